The molecular formula is C59H37N9OSi. The van der Waals surface area contributed by atoms with Gasteiger partial charge in [0, 0.05) is 16.3 Å². The molecule has 11 heteroatoms. The van der Waals surface area contributed by atoms with E-state index in [1.807, 2.05) is 54.6 Å². The van der Waals surface area contributed by atoms with Crippen molar-refractivity contribution in [1.82, 2.24) is 42.9 Å². The molecule has 0 atom stereocenters. The van der Waals surface area contributed by atoms with Crippen molar-refractivity contribution < 1.29 is 4.42 Å². The van der Waals surface area contributed by atoms with E-state index in [9.17, 15) is 0 Å². The third-order valence-electron chi connectivity index (χ3n) is 14.0. The number of hydrogen-bond acceptors (Lipinski definition) is 6. The van der Waals surface area contributed by atoms with Gasteiger partial charge >= 0.3 is 0 Å². The molecule has 0 radical (unpaired) electrons. The van der Waals surface area contributed by atoms with Crippen LogP contribution >= 0.6 is 0 Å². The van der Waals surface area contributed by atoms with E-state index in [1.54, 1.807) is 0 Å². The smallest absolute Gasteiger partial charge is 0.242 e. The van der Waals surface area contributed by atoms with Crippen molar-refractivity contribution in [2.75, 3.05) is 0 Å². The van der Waals surface area contributed by atoms with Gasteiger partial charge in [-0.3, -0.25) is 8.80 Å². The summed E-state index contributed by atoms with van der Waals surface area (Å²) in [6, 6.07) is 78.8. The van der Waals surface area contributed by atoms with Gasteiger partial charge < -0.3 is 4.42 Å². The normalized spacial score (nSPS) is 12.3. The molecule has 9 aromatic carbocycles. The third kappa shape index (κ3) is 5.40. The van der Waals surface area contributed by atoms with E-state index < -0.39 is 8.07 Å². The fourth-order valence-electron chi connectivity index (χ4n) is 11.0. The van der Waals surface area contributed by atoms with Crippen LogP contribution in [-0.2, 0) is 0 Å². The van der Waals surface area contributed by atoms with Crippen molar-refractivity contribution in [2.45, 2.75) is 0 Å². The zero-order valence-corrected chi connectivity index (χ0v) is 38.3. The van der Waals surface area contributed by atoms with Crippen LogP contribution in [0.2, 0.25) is 0 Å². The second-order valence-electron chi connectivity index (χ2n) is 17.7. The monoisotopic (exact) mass is 915 g/mol. The Hall–Kier alpha value is -9.45. The van der Waals surface area contributed by atoms with Crippen molar-refractivity contribution >= 4 is 106 Å². The molecule has 0 spiro atoms. The summed E-state index contributed by atoms with van der Waals surface area (Å²) in [6.45, 7) is 0. The summed E-state index contributed by atoms with van der Waals surface area (Å²) in [6.07, 6.45) is 0. The van der Waals surface area contributed by atoms with Crippen LogP contribution in [0.1, 0.15) is 0 Å². The molecule has 0 saturated heterocycles. The van der Waals surface area contributed by atoms with Gasteiger partial charge in [0.15, 0.2) is 13.9 Å². The molecule has 6 aromatic heterocycles. The summed E-state index contributed by atoms with van der Waals surface area (Å²) in [5.41, 5.74) is 10.2. The van der Waals surface area contributed by atoms with Gasteiger partial charge in [-0.05, 0) is 75.3 Å². The molecule has 6 heterocycles. The molecule has 0 N–H and O–H groups in total. The number of fused-ring (bicyclic) bond motifs is 13. The van der Waals surface area contributed by atoms with Crippen LogP contribution < -0.4 is 20.7 Å². The predicted molar refractivity (Wildman–Crippen MR) is 282 cm³/mol. The van der Waals surface area contributed by atoms with E-state index in [-0.39, 0.29) is 0 Å². The van der Waals surface area contributed by atoms with Crippen LogP contribution in [0, 0.1) is 0 Å². The fourth-order valence-corrected chi connectivity index (χ4v) is 15.9. The second-order valence-corrected chi connectivity index (χ2v) is 21.5. The van der Waals surface area contributed by atoms with Crippen molar-refractivity contribution in [3.8, 4) is 23.3 Å². The summed E-state index contributed by atoms with van der Waals surface area (Å²) >= 11 is 0. The Morgan fingerprint density at radius 3 is 1.37 bits per heavy atom. The van der Waals surface area contributed by atoms with Gasteiger partial charge in [0.1, 0.15) is 11.2 Å². The molecule has 0 bridgehead atoms. The van der Waals surface area contributed by atoms with Gasteiger partial charge in [0.25, 0.3) is 0 Å². The summed E-state index contributed by atoms with van der Waals surface area (Å²) in [5, 5.41) is 7.08. The Morgan fingerprint density at radius 1 is 0.343 bits per heavy atom. The highest BCUT2D eigenvalue weighted by atomic mass is 28.3. The van der Waals surface area contributed by atoms with E-state index in [0.29, 0.717) is 29.3 Å². The second kappa shape index (κ2) is 14.8. The van der Waals surface area contributed by atoms with Gasteiger partial charge in [-0.15, -0.1) is 0 Å². The lowest BCUT2D eigenvalue weighted by molar-refractivity contribution is 0.671. The Labute approximate surface area is 399 Å². The van der Waals surface area contributed by atoms with Crippen LogP contribution in [0.15, 0.2) is 229 Å². The summed E-state index contributed by atoms with van der Waals surface area (Å²) in [4.78, 5) is 26.6. The number of aromatic nitrogens is 9. The molecule has 0 amide bonds. The van der Waals surface area contributed by atoms with Crippen molar-refractivity contribution in [3.05, 3.63) is 224 Å². The number of nitrogens with zero attached hydrogens (tertiary/aromatic N) is 9. The predicted octanol–water partition coefficient (Wildman–Crippen LogP) is 10.3. The minimum Gasteiger partial charge on any atom is -0.456 e. The number of imidazole rings is 4. The fraction of sp³-hybridized carbons (Fsp3) is 0. The lowest BCUT2D eigenvalue weighted by atomic mass is 10.1. The number of para-hydroxylation sites is 10. The standard InChI is InChI=1S/C59H37N9OSi/c1-3-18-39(19-4-1)70(40-20-5-2-6-21-40,53-33-17-23-43-42-22-7-16-32-52(42)69-54(43)53)41-36-34-38(35-37-41)55-62-56(67-50-30-14-12-28-48(50)65-46-26-10-8-24-44(46)60-58(65)67)64-57(63-55)68-51-31-15-13-29-49(51)66-47-27-11-9-25-45(47)61-59(66)68/h1-37H. The Kier molecular flexibility index (Phi) is 8.15. The first kappa shape index (κ1) is 38.6. The lowest BCUT2D eigenvalue weighted by Gasteiger charge is -2.34. The van der Waals surface area contributed by atoms with Gasteiger partial charge in [0.2, 0.25) is 23.5 Å². The average molecular weight is 916 g/mol. The lowest BCUT2D eigenvalue weighted by Crippen LogP contribution is -2.74. The van der Waals surface area contributed by atoms with Crippen molar-refractivity contribution in [1.29, 1.82) is 0 Å². The number of hydrogen-bond donors (Lipinski definition) is 0. The molecule has 10 nitrogen and oxygen atoms in total. The minimum absolute atomic E-state index is 0.437. The van der Waals surface area contributed by atoms with E-state index in [4.69, 9.17) is 29.3 Å². The number of furan rings is 1. The number of benzene rings is 9. The molecule has 328 valence electrons. The highest BCUT2D eigenvalue weighted by molar-refractivity contribution is 7.20. The molecule has 0 aliphatic carbocycles. The highest BCUT2D eigenvalue weighted by Crippen LogP contribution is 2.33. The Balaban J connectivity index is 1.00. The molecule has 0 aliphatic rings. The number of rotatable bonds is 7. The van der Waals surface area contributed by atoms with Gasteiger partial charge in [-0.2, -0.15) is 15.0 Å². The zero-order valence-electron chi connectivity index (χ0n) is 37.3. The van der Waals surface area contributed by atoms with Gasteiger partial charge in [-0.1, -0.05) is 170 Å². The molecule has 0 saturated carbocycles. The van der Waals surface area contributed by atoms with Gasteiger partial charge in [0.05, 0.1) is 44.1 Å². The topological polar surface area (TPSA) is 96.3 Å². The van der Waals surface area contributed by atoms with E-state index in [0.717, 1.165) is 71.6 Å². The van der Waals surface area contributed by atoms with Crippen molar-refractivity contribution in [2.24, 2.45) is 0 Å². The average Bonchev–Trinajstić information content (AvgIpc) is 4.24. The maximum Gasteiger partial charge on any atom is 0.242 e. The van der Waals surface area contributed by atoms with Crippen LogP contribution in [0.25, 0.3) is 101 Å². The third-order valence-corrected chi connectivity index (χ3v) is 18.8. The van der Waals surface area contributed by atoms with Crippen LogP contribution in [-0.4, -0.2) is 50.9 Å². The first-order valence-electron chi connectivity index (χ1n) is 23.4. The Bertz CT molecular complexity index is 4340. The molecule has 15 rings (SSSR count). The van der Waals surface area contributed by atoms with Crippen LogP contribution in [0.5, 0.6) is 0 Å². The maximum atomic E-state index is 6.89. The first-order chi connectivity index (χ1) is 34.7. The molecule has 0 fully saturated rings. The molecule has 15 aromatic rings. The van der Waals surface area contributed by atoms with Crippen LogP contribution in [0.4, 0.5) is 0 Å². The summed E-state index contributed by atoms with van der Waals surface area (Å²) in [5.74, 6) is 2.79. The van der Waals surface area contributed by atoms with Crippen molar-refractivity contribution in [3.63, 3.8) is 0 Å². The highest BCUT2D eigenvalue weighted by Gasteiger charge is 2.43. The van der Waals surface area contributed by atoms with E-state index in [2.05, 4.69) is 188 Å². The SMILES string of the molecule is c1ccc([Si](c2ccccc2)(c2ccc(-c3nc(-n4c5ccccc5n5c6ccccc6nc45)nc(-n4c5ccccc5n5c6ccccc6nc45)n3)cc2)c2cccc3c2oc2ccccc23)cc1. The van der Waals surface area contributed by atoms with Crippen LogP contribution in [0.3, 0.4) is 0 Å². The van der Waals surface area contributed by atoms with E-state index >= 15 is 0 Å². The largest absolute Gasteiger partial charge is 0.456 e. The quantitative estimate of drug-likeness (QED) is 0.117. The minimum atomic E-state index is -3.09. The Morgan fingerprint density at radius 2 is 0.800 bits per heavy atom. The van der Waals surface area contributed by atoms with E-state index in [1.165, 1.54) is 20.7 Å². The molecule has 70 heavy (non-hydrogen) atoms. The summed E-state index contributed by atoms with van der Waals surface area (Å²) in [7, 11) is -3.09. The maximum absolute atomic E-state index is 6.89. The summed E-state index contributed by atoms with van der Waals surface area (Å²) < 4.78 is 15.4. The first-order valence-corrected chi connectivity index (χ1v) is 25.4. The molecule has 0 aliphatic heterocycles. The molecular weight excluding hydrogens is 879 g/mol. The van der Waals surface area contributed by atoms with Gasteiger partial charge in [-0.25, -0.2) is 19.1 Å². The zero-order chi connectivity index (χ0) is 45.9. The molecule has 0 unspecified atom stereocenters.